The Balaban J connectivity index is 1.98. The number of allylic oxidation sites excluding steroid dienone is 1. The molecule has 4 rings (SSSR count). The van der Waals surface area contributed by atoms with Crippen LogP contribution in [-0.2, 0) is 29.2 Å². The molecule has 2 aliphatic rings. The molecule has 1 spiro atoms. The van der Waals surface area contributed by atoms with Gasteiger partial charge in [-0.3, -0.25) is 19.8 Å². The Labute approximate surface area is 198 Å². The molecule has 1 amide bonds. The van der Waals surface area contributed by atoms with E-state index in [-0.39, 0.29) is 24.5 Å². The zero-order valence-corrected chi connectivity index (χ0v) is 19.5. The summed E-state index contributed by atoms with van der Waals surface area (Å²) in [5.74, 6) is -3.82. The van der Waals surface area contributed by atoms with Crippen molar-refractivity contribution in [2.24, 2.45) is 5.92 Å². The van der Waals surface area contributed by atoms with Gasteiger partial charge in [0.05, 0.1) is 12.2 Å². The van der Waals surface area contributed by atoms with Crippen molar-refractivity contribution < 1.29 is 28.6 Å². The van der Waals surface area contributed by atoms with Gasteiger partial charge in [0.15, 0.2) is 11.7 Å². The Morgan fingerprint density at radius 3 is 2.61 bits per heavy atom. The van der Waals surface area contributed by atoms with Crippen LogP contribution >= 0.6 is 15.9 Å². The third-order valence-corrected chi connectivity index (χ3v) is 6.24. The molecule has 2 heterocycles. The first-order chi connectivity index (χ1) is 15.8. The van der Waals surface area contributed by atoms with Crippen LogP contribution in [0, 0.1) is 11.3 Å². The summed E-state index contributed by atoms with van der Waals surface area (Å²) in [4.78, 5) is 40.8. The van der Waals surface area contributed by atoms with Crippen LogP contribution < -0.4 is 5.32 Å². The molecule has 0 aliphatic carbocycles. The largest absolute Gasteiger partial charge is 0.463 e. The first kappa shape index (κ1) is 22.9. The molecule has 0 aromatic heterocycles. The van der Waals surface area contributed by atoms with Crippen molar-refractivity contribution >= 4 is 45.2 Å². The van der Waals surface area contributed by atoms with Gasteiger partial charge >= 0.3 is 5.97 Å². The molecular weight excluding hydrogens is 492 g/mol. The minimum atomic E-state index is -1.84. The monoisotopic (exact) mass is 512 g/mol. The zero-order valence-electron chi connectivity index (χ0n) is 17.9. The smallest absolute Gasteiger partial charge is 0.320 e. The number of ketones is 1. The average molecular weight is 513 g/mol. The van der Waals surface area contributed by atoms with E-state index in [0.29, 0.717) is 21.3 Å². The molecule has 0 fully saturated rings. The zero-order chi connectivity index (χ0) is 23.8. The number of carbonyl (C=O) groups excluding carboxylic acids is 3. The lowest BCUT2D eigenvalue weighted by molar-refractivity contribution is -0.151. The van der Waals surface area contributed by atoms with E-state index in [2.05, 4.69) is 21.2 Å². The fraction of sp³-hybridized carbons (Fsp3) is 0.250. The number of hydrogen-bond acceptors (Lipinski definition) is 7. The van der Waals surface area contributed by atoms with Crippen molar-refractivity contribution in [1.29, 1.82) is 5.41 Å². The van der Waals surface area contributed by atoms with Crippen molar-refractivity contribution in [1.82, 2.24) is 0 Å². The van der Waals surface area contributed by atoms with Gasteiger partial charge in [0, 0.05) is 22.8 Å². The summed E-state index contributed by atoms with van der Waals surface area (Å²) in [7, 11) is 1.46. The Kier molecular flexibility index (Phi) is 6.18. The van der Waals surface area contributed by atoms with Crippen molar-refractivity contribution in [3.8, 4) is 0 Å². The number of esters is 1. The lowest BCUT2D eigenvalue weighted by atomic mass is 9.62. The summed E-state index contributed by atoms with van der Waals surface area (Å²) in [5.41, 5.74) is -0.685. The van der Waals surface area contributed by atoms with E-state index >= 15 is 0 Å². The third kappa shape index (κ3) is 3.67. The number of rotatable bonds is 6. The first-order valence-electron chi connectivity index (χ1n) is 10.2. The minimum absolute atomic E-state index is 0.00672. The van der Waals surface area contributed by atoms with Gasteiger partial charge in [-0.25, -0.2) is 0 Å². The molecule has 170 valence electrons. The van der Waals surface area contributed by atoms with Gasteiger partial charge in [0.25, 0.3) is 0 Å². The summed E-state index contributed by atoms with van der Waals surface area (Å²) < 4.78 is 16.5. The van der Waals surface area contributed by atoms with Crippen molar-refractivity contribution in [2.75, 3.05) is 25.6 Å². The molecule has 2 N–H and O–H groups in total. The van der Waals surface area contributed by atoms with Crippen LogP contribution in [0.15, 0.2) is 64.3 Å². The average Bonchev–Trinajstić information content (AvgIpc) is 3.05. The Morgan fingerprint density at radius 2 is 1.91 bits per heavy atom. The van der Waals surface area contributed by atoms with Crippen LogP contribution in [0.2, 0.25) is 0 Å². The summed E-state index contributed by atoms with van der Waals surface area (Å²) >= 11 is 3.42. The Morgan fingerprint density at radius 1 is 1.18 bits per heavy atom. The van der Waals surface area contributed by atoms with Crippen molar-refractivity contribution in [3.05, 3.63) is 75.5 Å². The molecule has 0 bridgehead atoms. The summed E-state index contributed by atoms with van der Waals surface area (Å²) in [6, 6.07) is 13.5. The second-order valence-corrected chi connectivity index (χ2v) is 8.55. The third-order valence-electron chi connectivity index (χ3n) is 5.75. The second kappa shape index (κ2) is 8.92. The fourth-order valence-corrected chi connectivity index (χ4v) is 4.75. The number of methoxy groups -OCH3 is 1. The van der Waals surface area contributed by atoms with Crippen molar-refractivity contribution in [3.63, 3.8) is 0 Å². The van der Waals surface area contributed by atoms with Gasteiger partial charge < -0.3 is 19.5 Å². The van der Waals surface area contributed by atoms with E-state index in [1.54, 1.807) is 48.5 Å². The quantitative estimate of drug-likeness (QED) is 0.347. The van der Waals surface area contributed by atoms with Crippen LogP contribution in [0.5, 0.6) is 0 Å². The molecule has 2 aromatic carbocycles. The molecule has 9 heteroatoms. The molecule has 2 aliphatic heterocycles. The number of fused-ring (bicyclic) bond motifs is 2. The van der Waals surface area contributed by atoms with E-state index in [4.69, 9.17) is 19.6 Å². The lowest BCUT2D eigenvalue weighted by Gasteiger charge is -2.40. The Hall–Kier alpha value is -3.30. The summed E-state index contributed by atoms with van der Waals surface area (Å²) in [5, 5.41) is 11.3. The SMILES string of the molecule is COCCOC(=O)C1C(=N)OC(C)=C(C(=O)c2ccccc2)C12C(=O)Nc1ccc(Br)cc12. The number of benzene rings is 2. The first-order valence-corrected chi connectivity index (χ1v) is 11.0. The predicted octanol–water partition coefficient (Wildman–Crippen LogP) is 3.61. The molecule has 2 unspecified atom stereocenters. The highest BCUT2D eigenvalue weighted by Crippen LogP contribution is 2.53. The molecule has 0 saturated carbocycles. The molecule has 0 saturated heterocycles. The highest BCUT2D eigenvalue weighted by Gasteiger charge is 2.64. The van der Waals surface area contributed by atoms with Gasteiger partial charge in [-0.1, -0.05) is 46.3 Å². The van der Waals surface area contributed by atoms with E-state index in [1.165, 1.54) is 14.0 Å². The molecule has 8 nitrogen and oxygen atoms in total. The number of hydrogen-bond donors (Lipinski definition) is 2. The number of anilines is 1. The second-order valence-electron chi connectivity index (χ2n) is 7.64. The number of Topliss-reactive ketones (excluding diaryl/α,β-unsaturated/α-hetero) is 1. The maximum Gasteiger partial charge on any atom is 0.320 e. The molecule has 0 radical (unpaired) electrons. The molecular formula is C24H21BrN2O6. The van der Waals surface area contributed by atoms with E-state index in [9.17, 15) is 14.4 Å². The summed E-state index contributed by atoms with van der Waals surface area (Å²) in [6.07, 6.45) is 0. The van der Waals surface area contributed by atoms with E-state index < -0.39 is 34.9 Å². The van der Waals surface area contributed by atoms with Crippen LogP contribution in [0.4, 0.5) is 5.69 Å². The number of ether oxygens (including phenoxy) is 3. The van der Waals surface area contributed by atoms with E-state index in [0.717, 1.165) is 0 Å². The van der Waals surface area contributed by atoms with Gasteiger partial charge in [-0.05, 0) is 30.7 Å². The number of carbonyl (C=O) groups is 3. The fourth-order valence-electron chi connectivity index (χ4n) is 4.39. The normalized spacial score (nSPS) is 21.5. The standard InChI is InChI=1S/C24H21BrN2O6/c1-13-18(20(28)14-6-4-3-5-7-14)24(16-12-15(25)8-9-17(16)27-23(24)30)19(21(26)33-13)22(29)32-11-10-31-2/h3-9,12,19,26H,10-11H2,1-2H3,(H,27,30). The van der Waals surface area contributed by atoms with Gasteiger partial charge in [0.1, 0.15) is 17.8 Å². The lowest BCUT2D eigenvalue weighted by Crippen LogP contribution is -2.55. The van der Waals surface area contributed by atoms with Gasteiger partial charge in [-0.2, -0.15) is 0 Å². The summed E-state index contributed by atoms with van der Waals surface area (Å²) in [6.45, 7) is 1.58. The van der Waals surface area contributed by atoms with E-state index in [1.807, 2.05) is 0 Å². The minimum Gasteiger partial charge on any atom is -0.463 e. The number of nitrogens with one attached hydrogen (secondary N) is 2. The maximum atomic E-state index is 13.8. The predicted molar refractivity (Wildman–Crippen MR) is 123 cm³/mol. The van der Waals surface area contributed by atoms with Crippen LogP contribution in [0.3, 0.4) is 0 Å². The van der Waals surface area contributed by atoms with Crippen LogP contribution in [0.25, 0.3) is 0 Å². The Bertz CT molecular complexity index is 1190. The highest BCUT2D eigenvalue weighted by atomic mass is 79.9. The van der Waals surface area contributed by atoms with Gasteiger partial charge in [-0.15, -0.1) is 0 Å². The number of amides is 1. The molecule has 2 atom stereocenters. The maximum absolute atomic E-state index is 13.8. The highest BCUT2D eigenvalue weighted by molar-refractivity contribution is 9.10. The van der Waals surface area contributed by atoms with Gasteiger partial charge in [0.2, 0.25) is 11.8 Å². The molecule has 33 heavy (non-hydrogen) atoms. The topological polar surface area (TPSA) is 115 Å². The van der Waals surface area contributed by atoms with Crippen LogP contribution in [-0.4, -0.2) is 43.9 Å². The van der Waals surface area contributed by atoms with Crippen LogP contribution in [0.1, 0.15) is 22.8 Å². The van der Waals surface area contributed by atoms with Crippen molar-refractivity contribution in [2.45, 2.75) is 12.3 Å². The number of halogens is 1. The molecule has 2 aromatic rings.